The number of anilines is 1. The third-order valence-electron chi connectivity index (χ3n) is 5.41. The molecule has 0 saturated heterocycles. The van der Waals surface area contributed by atoms with E-state index in [9.17, 15) is 18.0 Å². The number of nitrogens with zero attached hydrogens (tertiary/aromatic N) is 2. The summed E-state index contributed by atoms with van der Waals surface area (Å²) < 4.78 is 42.2. The molecule has 35 heavy (non-hydrogen) atoms. The first kappa shape index (κ1) is 26.1. The Labute approximate surface area is 205 Å². The van der Waals surface area contributed by atoms with Crippen molar-refractivity contribution in [3.8, 4) is 17.2 Å². The smallest absolute Gasteiger partial charge is 0.244 e. The van der Waals surface area contributed by atoms with Crippen LogP contribution in [0.2, 0.25) is 0 Å². The average Bonchev–Trinajstić information content (AvgIpc) is 3.27. The van der Waals surface area contributed by atoms with Crippen LogP contribution in [0.1, 0.15) is 26.3 Å². The van der Waals surface area contributed by atoms with E-state index in [1.165, 1.54) is 18.1 Å². The molecule has 0 aromatic heterocycles. The summed E-state index contributed by atoms with van der Waals surface area (Å²) in [6.07, 6.45) is 1.02. The van der Waals surface area contributed by atoms with Crippen LogP contribution in [0.4, 0.5) is 5.69 Å². The van der Waals surface area contributed by atoms with Gasteiger partial charge in [-0.05, 0) is 50.6 Å². The van der Waals surface area contributed by atoms with Crippen LogP contribution in [-0.4, -0.2) is 63.9 Å². The molecule has 10 nitrogen and oxygen atoms in total. The molecule has 1 N–H and O–H groups in total. The summed E-state index contributed by atoms with van der Waals surface area (Å²) in [6.45, 7) is 4.88. The van der Waals surface area contributed by atoms with E-state index < -0.39 is 28.5 Å². The van der Waals surface area contributed by atoms with Crippen LogP contribution in [0, 0.1) is 0 Å². The zero-order valence-corrected chi connectivity index (χ0v) is 21.3. The molecule has 0 saturated carbocycles. The van der Waals surface area contributed by atoms with Crippen molar-refractivity contribution in [1.82, 2.24) is 10.2 Å². The van der Waals surface area contributed by atoms with Gasteiger partial charge in [0.25, 0.3) is 0 Å². The van der Waals surface area contributed by atoms with Crippen LogP contribution < -0.4 is 23.8 Å². The first-order chi connectivity index (χ1) is 16.5. The number of nitrogens with one attached hydrogen (secondary N) is 1. The van der Waals surface area contributed by atoms with Gasteiger partial charge in [-0.15, -0.1) is 0 Å². The van der Waals surface area contributed by atoms with E-state index in [0.717, 1.165) is 16.1 Å². The standard InChI is InChI=1S/C24H31N3O7S/c1-16(2)25-24(29)17(3)26(13-18-7-6-8-20(11-18)32-4)23(28)14-27(35(5,30)31)19-9-10-21-22(12-19)34-15-33-21/h6-12,16-17H,13-15H2,1-5H3,(H,25,29)/t17-/m1/s1. The Hall–Kier alpha value is -3.47. The second-order valence-corrected chi connectivity index (χ2v) is 10.4. The van der Waals surface area contributed by atoms with Gasteiger partial charge in [0.1, 0.15) is 18.3 Å². The van der Waals surface area contributed by atoms with E-state index in [1.54, 1.807) is 37.3 Å². The number of hydrogen-bond acceptors (Lipinski definition) is 7. The van der Waals surface area contributed by atoms with Crippen LogP contribution in [0.3, 0.4) is 0 Å². The molecule has 0 aliphatic carbocycles. The molecule has 2 amide bonds. The molecule has 11 heteroatoms. The number of amides is 2. The lowest BCUT2D eigenvalue weighted by atomic mass is 10.1. The van der Waals surface area contributed by atoms with Crippen LogP contribution in [-0.2, 0) is 26.2 Å². The number of sulfonamides is 1. The molecular formula is C24H31N3O7S. The van der Waals surface area contributed by atoms with E-state index in [0.29, 0.717) is 17.2 Å². The maximum atomic E-state index is 13.6. The molecule has 0 spiro atoms. The van der Waals surface area contributed by atoms with E-state index in [4.69, 9.17) is 14.2 Å². The van der Waals surface area contributed by atoms with Gasteiger partial charge in [-0.2, -0.15) is 0 Å². The fourth-order valence-corrected chi connectivity index (χ4v) is 4.45. The number of carbonyl (C=O) groups is 2. The minimum Gasteiger partial charge on any atom is -0.497 e. The summed E-state index contributed by atoms with van der Waals surface area (Å²) in [4.78, 5) is 27.7. The number of hydrogen-bond donors (Lipinski definition) is 1. The molecule has 2 aromatic carbocycles. The second-order valence-electron chi connectivity index (χ2n) is 8.52. The summed E-state index contributed by atoms with van der Waals surface area (Å²) in [7, 11) is -2.31. The van der Waals surface area contributed by atoms with Crippen molar-refractivity contribution in [2.45, 2.75) is 39.4 Å². The van der Waals surface area contributed by atoms with Crippen molar-refractivity contribution in [3.05, 3.63) is 48.0 Å². The van der Waals surface area contributed by atoms with Crippen molar-refractivity contribution < 1.29 is 32.2 Å². The quantitative estimate of drug-likeness (QED) is 0.526. The Morgan fingerprint density at radius 2 is 1.80 bits per heavy atom. The highest BCUT2D eigenvalue weighted by Crippen LogP contribution is 2.36. The highest BCUT2D eigenvalue weighted by atomic mass is 32.2. The van der Waals surface area contributed by atoms with Gasteiger partial charge >= 0.3 is 0 Å². The zero-order chi connectivity index (χ0) is 25.8. The molecule has 0 fully saturated rings. The maximum absolute atomic E-state index is 13.6. The number of rotatable bonds is 10. The molecule has 1 heterocycles. The van der Waals surface area contributed by atoms with Crippen molar-refractivity contribution in [2.75, 3.05) is 31.0 Å². The third kappa shape index (κ3) is 6.56. The number of ether oxygens (including phenoxy) is 3. The molecule has 0 bridgehead atoms. The zero-order valence-electron chi connectivity index (χ0n) is 20.5. The Morgan fingerprint density at radius 3 is 2.46 bits per heavy atom. The lowest BCUT2D eigenvalue weighted by molar-refractivity contribution is -0.139. The topological polar surface area (TPSA) is 114 Å². The fraction of sp³-hybridized carbons (Fsp3) is 0.417. The van der Waals surface area contributed by atoms with Crippen LogP contribution >= 0.6 is 0 Å². The minimum atomic E-state index is -3.84. The second kappa shape index (κ2) is 10.9. The van der Waals surface area contributed by atoms with Crippen LogP contribution in [0.25, 0.3) is 0 Å². The monoisotopic (exact) mass is 505 g/mol. The van der Waals surface area contributed by atoms with E-state index >= 15 is 0 Å². The minimum absolute atomic E-state index is 0.0351. The molecule has 1 atom stereocenters. The van der Waals surface area contributed by atoms with Gasteiger partial charge in [0.15, 0.2) is 11.5 Å². The van der Waals surface area contributed by atoms with E-state index in [1.807, 2.05) is 19.9 Å². The Bertz CT molecular complexity index is 1180. The van der Waals surface area contributed by atoms with Gasteiger partial charge in [-0.25, -0.2) is 8.42 Å². The molecule has 0 radical (unpaired) electrons. The maximum Gasteiger partial charge on any atom is 0.244 e. The summed E-state index contributed by atoms with van der Waals surface area (Å²) >= 11 is 0. The molecular weight excluding hydrogens is 474 g/mol. The normalized spacial score (nSPS) is 13.3. The van der Waals surface area contributed by atoms with Gasteiger partial charge in [0, 0.05) is 18.7 Å². The van der Waals surface area contributed by atoms with Gasteiger partial charge in [-0.3, -0.25) is 13.9 Å². The van der Waals surface area contributed by atoms with Crippen molar-refractivity contribution in [1.29, 1.82) is 0 Å². The molecule has 1 aliphatic rings. The van der Waals surface area contributed by atoms with Crippen molar-refractivity contribution in [3.63, 3.8) is 0 Å². The van der Waals surface area contributed by atoms with Crippen LogP contribution in [0.5, 0.6) is 17.2 Å². The lowest BCUT2D eigenvalue weighted by Crippen LogP contribution is -2.52. The van der Waals surface area contributed by atoms with Gasteiger partial charge in [-0.1, -0.05) is 12.1 Å². The van der Waals surface area contributed by atoms with Gasteiger partial charge in [0.2, 0.25) is 28.6 Å². The first-order valence-electron chi connectivity index (χ1n) is 11.1. The van der Waals surface area contributed by atoms with E-state index in [-0.39, 0.29) is 31.0 Å². The largest absolute Gasteiger partial charge is 0.497 e. The predicted octanol–water partition coefficient (Wildman–Crippen LogP) is 2.13. The number of methoxy groups -OCH3 is 1. The predicted molar refractivity (Wildman–Crippen MR) is 131 cm³/mol. The SMILES string of the molecule is COc1cccc(CN(C(=O)CN(c2ccc3c(c2)OCO3)S(C)(=O)=O)[C@H](C)C(=O)NC(C)C)c1. The molecule has 1 aliphatic heterocycles. The van der Waals surface area contributed by atoms with E-state index in [2.05, 4.69) is 5.32 Å². The highest BCUT2D eigenvalue weighted by Gasteiger charge is 2.31. The fourth-order valence-electron chi connectivity index (χ4n) is 3.61. The number of carbonyl (C=O) groups excluding carboxylic acids is 2. The number of benzene rings is 2. The number of fused-ring (bicyclic) bond motifs is 1. The first-order valence-corrected chi connectivity index (χ1v) is 12.9. The molecule has 0 unspecified atom stereocenters. The van der Waals surface area contributed by atoms with Crippen molar-refractivity contribution >= 4 is 27.5 Å². The highest BCUT2D eigenvalue weighted by molar-refractivity contribution is 7.92. The van der Waals surface area contributed by atoms with Crippen LogP contribution in [0.15, 0.2) is 42.5 Å². The summed E-state index contributed by atoms with van der Waals surface area (Å²) in [6, 6.07) is 10.8. The van der Waals surface area contributed by atoms with Crippen molar-refractivity contribution in [2.24, 2.45) is 0 Å². The van der Waals surface area contributed by atoms with Gasteiger partial charge in [0.05, 0.1) is 19.1 Å². The molecule has 2 aromatic rings. The Morgan fingerprint density at radius 1 is 1.09 bits per heavy atom. The third-order valence-corrected chi connectivity index (χ3v) is 6.55. The lowest BCUT2D eigenvalue weighted by Gasteiger charge is -2.32. The Kier molecular flexibility index (Phi) is 8.11. The summed E-state index contributed by atoms with van der Waals surface area (Å²) in [5.41, 5.74) is 0.988. The summed E-state index contributed by atoms with van der Waals surface area (Å²) in [5.74, 6) is 0.605. The Balaban J connectivity index is 1.92. The summed E-state index contributed by atoms with van der Waals surface area (Å²) in [5, 5.41) is 2.81. The molecule has 190 valence electrons. The molecule has 3 rings (SSSR count). The average molecular weight is 506 g/mol. The van der Waals surface area contributed by atoms with Gasteiger partial charge < -0.3 is 24.4 Å².